The smallest absolute Gasteiger partial charge is 0.410 e. The molecule has 0 fully saturated rings. The maximum atomic E-state index is 12.2. The van der Waals surface area contributed by atoms with Gasteiger partial charge in [-0.1, -0.05) is 36.4 Å². The van der Waals surface area contributed by atoms with Crippen molar-refractivity contribution in [3.8, 4) is 0 Å². The molecular formula is C17H16INO3. The first-order chi connectivity index (χ1) is 10.7. The van der Waals surface area contributed by atoms with Crippen molar-refractivity contribution < 1.29 is 14.6 Å². The highest BCUT2D eigenvalue weighted by Crippen LogP contribution is 2.27. The monoisotopic (exact) mass is 409 g/mol. The second-order valence-corrected chi connectivity index (χ2v) is 6.43. The van der Waals surface area contributed by atoms with Gasteiger partial charge >= 0.3 is 6.09 Å². The molecule has 3 rings (SSSR count). The number of carbonyl (C=O) groups excluding carboxylic acids is 1. The summed E-state index contributed by atoms with van der Waals surface area (Å²) in [7, 11) is 0. The molecule has 1 amide bonds. The lowest BCUT2D eigenvalue weighted by Crippen LogP contribution is -2.25. The van der Waals surface area contributed by atoms with E-state index in [1.807, 2.05) is 42.5 Å². The van der Waals surface area contributed by atoms with Crippen LogP contribution in [-0.4, -0.2) is 16.1 Å². The molecule has 0 atom stereocenters. The fourth-order valence-corrected chi connectivity index (χ4v) is 3.23. The van der Waals surface area contributed by atoms with Gasteiger partial charge in [0.25, 0.3) is 0 Å². The average molecular weight is 409 g/mol. The molecule has 1 N–H and O–H groups in total. The van der Waals surface area contributed by atoms with Crippen LogP contribution in [0.5, 0.6) is 0 Å². The van der Waals surface area contributed by atoms with Gasteiger partial charge in [0.2, 0.25) is 0 Å². The number of aliphatic hydroxyl groups excluding tert-OH is 1. The summed E-state index contributed by atoms with van der Waals surface area (Å²) in [6.07, 6.45) is -0.305. The van der Waals surface area contributed by atoms with E-state index in [1.54, 1.807) is 4.90 Å². The molecule has 1 heterocycles. The number of nitrogens with zero attached hydrogens (tertiary/aromatic N) is 1. The molecule has 5 heteroatoms. The van der Waals surface area contributed by atoms with E-state index in [9.17, 15) is 9.90 Å². The van der Waals surface area contributed by atoms with Gasteiger partial charge in [0.05, 0.1) is 6.61 Å². The second kappa shape index (κ2) is 6.66. The molecule has 1 aliphatic rings. The van der Waals surface area contributed by atoms with Crippen LogP contribution in [0, 0.1) is 3.57 Å². The summed E-state index contributed by atoms with van der Waals surface area (Å²) in [5.74, 6) is 0. The Kier molecular flexibility index (Phi) is 4.63. The van der Waals surface area contributed by atoms with Crippen LogP contribution in [0.2, 0.25) is 0 Å². The Balaban J connectivity index is 1.64. The summed E-state index contributed by atoms with van der Waals surface area (Å²) in [6, 6.07) is 13.7. The maximum absolute atomic E-state index is 12.2. The van der Waals surface area contributed by atoms with E-state index in [2.05, 4.69) is 22.6 Å². The molecule has 0 spiro atoms. The van der Waals surface area contributed by atoms with Gasteiger partial charge in [-0.25, -0.2) is 4.79 Å². The van der Waals surface area contributed by atoms with Gasteiger partial charge in [-0.2, -0.15) is 0 Å². The van der Waals surface area contributed by atoms with Crippen LogP contribution in [-0.2, 0) is 31.0 Å². The lowest BCUT2D eigenvalue weighted by atomic mass is 10.1. The van der Waals surface area contributed by atoms with Crippen LogP contribution in [0.3, 0.4) is 0 Å². The molecule has 4 nitrogen and oxygen atoms in total. The Morgan fingerprint density at radius 3 is 2.55 bits per heavy atom. The maximum Gasteiger partial charge on any atom is 0.410 e. The van der Waals surface area contributed by atoms with Crippen LogP contribution in [0.15, 0.2) is 42.5 Å². The molecule has 2 aromatic carbocycles. The number of aliphatic hydroxyl groups is 1. The van der Waals surface area contributed by atoms with Crippen LogP contribution in [0.25, 0.3) is 0 Å². The molecule has 0 aromatic heterocycles. The summed E-state index contributed by atoms with van der Waals surface area (Å²) in [5, 5.41) is 9.33. The number of fused-ring (bicyclic) bond motifs is 1. The normalized spacial score (nSPS) is 13.1. The van der Waals surface area contributed by atoms with Crippen molar-refractivity contribution in [3.05, 3.63) is 68.3 Å². The summed E-state index contributed by atoms with van der Waals surface area (Å²) in [5.41, 5.74) is 4.09. The largest absolute Gasteiger partial charge is 0.445 e. The number of hydrogen-bond donors (Lipinski definition) is 1. The van der Waals surface area contributed by atoms with Gasteiger partial charge in [-0.05, 0) is 50.9 Å². The highest BCUT2D eigenvalue weighted by molar-refractivity contribution is 14.1. The third kappa shape index (κ3) is 3.25. The standard InChI is InChI=1S/C17H16INO3/c18-16-7-14-9-19(8-13(14)6-15(16)10-20)17(21)22-11-12-4-2-1-3-5-12/h1-7,20H,8-11H2. The highest BCUT2D eigenvalue weighted by atomic mass is 127. The molecule has 114 valence electrons. The second-order valence-electron chi connectivity index (χ2n) is 5.27. The first-order valence-corrected chi connectivity index (χ1v) is 8.12. The zero-order valence-corrected chi connectivity index (χ0v) is 14.1. The summed E-state index contributed by atoms with van der Waals surface area (Å²) in [4.78, 5) is 13.9. The lowest BCUT2D eigenvalue weighted by molar-refractivity contribution is 0.0955. The quantitative estimate of drug-likeness (QED) is 0.791. The molecule has 22 heavy (non-hydrogen) atoms. The van der Waals surface area contributed by atoms with Crippen molar-refractivity contribution in [1.82, 2.24) is 4.90 Å². The Bertz CT molecular complexity index is 688. The zero-order valence-electron chi connectivity index (χ0n) is 12.0. The van der Waals surface area contributed by atoms with Gasteiger partial charge in [-0.15, -0.1) is 0 Å². The van der Waals surface area contributed by atoms with E-state index < -0.39 is 0 Å². The number of benzene rings is 2. The van der Waals surface area contributed by atoms with Crippen LogP contribution >= 0.6 is 22.6 Å². The first kappa shape index (κ1) is 15.3. The SMILES string of the molecule is O=C(OCc1ccccc1)N1Cc2cc(I)c(CO)cc2C1. The minimum Gasteiger partial charge on any atom is -0.445 e. The van der Waals surface area contributed by atoms with E-state index in [4.69, 9.17) is 4.74 Å². The number of halogens is 1. The summed E-state index contributed by atoms with van der Waals surface area (Å²) < 4.78 is 6.39. The molecular weight excluding hydrogens is 393 g/mol. The van der Waals surface area contributed by atoms with Gasteiger partial charge < -0.3 is 9.84 Å². The molecule has 2 aromatic rings. The van der Waals surface area contributed by atoms with Gasteiger partial charge in [0.15, 0.2) is 0 Å². The van der Waals surface area contributed by atoms with Gasteiger partial charge in [0.1, 0.15) is 6.61 Å². The molecule has 0 bridgehead atoms. The van der Waals surface area contributed by atoms with Crippen molar-refractivity contribution in [2.24, 2.45) is 0 Å². The third-order valence-corrected chi connectivity index (χ3v) is 4.73. The number of carbonyl (C=O) groups is 1. The van der Waals surface area contributed by atoms with Crippen LogP contribution in [0.4, 0.5) is 4.79 Å². The average Bonchev–Trinajstić information content (AvgIpc) is 2.95. The van der Waals surface area contributed by atoms with Crippen LogP contribution < -0.4 is 0 Å². The fraction of sp³-hybridized carbons (Fsp3) is 0.235. The van der Waals surface area contributed by atoms with E-state index in [-0.39, 0.29) is 19.3 Å². The summed E-state index contributed by atoms with van der Waals surface area (Å²) >= 11 is 2.21. The number of hydrogen-bond acceptors (Lipinski definition) is 3. The molecule has 0 unspecified atom stereocenters. The fourth-order valence-electron chi connectivity index (χ4n) is 2.53. The molecule has 0 radical (unpaired) electrons. The molecule has 0 saturated heterocycles. The predicted octanol–water partition coefficient (Wildman–Crippen LogP) is 3.44. The minimum absolute atomic E-state index is 0.0179. The van der Waals surface area contributed by atoms with Gasteiger partial charge in [0, 0.05) is 16.7 Å². The van der Waals surface area contributed by atoms with Crippen molar-refractivity contribution in [2.75, 3.05) is 0 Å². The lowest BCUT2D eigenvalue weighted by Gasteiger charge is -2.15. The number of amides is 1. The Hall–Kier alpha value is -1.60. The topological polar surface area (TPSA) is 49.8 Å². The Morgan fingerprint density at radius 1 is 1.18 bits per heavy atom. The third-order valence-electron chi connectivity index (χ3n) is 3.72. The van der Waals surface area contributed by atoms with Crippen molar-refractivity contribution in [3.63, 3.8) is 0 Å². The Morgan fingerprint density at radius 2 is 1.86 bits per heavy atom. The van der Waals surface area contributed by atoms with E-state index in [0.717, 1.165) is 25.8 Å². The van der Waals surface area contributed by atoms with Crippen molar-refractivity contribution in [1.29, 1.82) is 0 Å². The zero-order chi connectivity index (χ0) is 15.5. The Labute approximate surface area is 142 Å². The predicted molar refractivity (Wildman–Crippen MR) is 91.0 cm³/mol. The van der Waals surface area contributed by atoms with E-state index in [1.165, 1.54) is 0 Å². The first-order valence-electron chi connectivity index (χ1n) is 7.04. The molecule has 0 aliphatic carbocycles. The summed E-state index contributed by atoms with van der Waals surface area (Å²) in [6.45, 7) is 1.40. The van der Waals surface area contributed by atoms with E-state index in [0.29, 0.717) is 13.1 Å². The van der Waals surface area contributed by atoms with E-state index >= 15 is 0 Å². The minimum atomic E-state index is -0.305. The van der Waals surface area contributed by atoms with Gasteiger partial charge in [-0.3, -0.25) is 4.90 Å². The number of ether oxygens (including phenoxy) is 1. The van der Waals surface area contributed by atoms with Crippen LogP contribution in [0.1, 0.15) is 22.3 Å². The van der Waals surface area contributed by atoms with Crippen molar-refractivity contribution in [2.45, 2.75) is 26.3 Å². The number of rotatable bonds is 3. The molecule has 0 saturated carbocycles. The highest BCUT2D eigenvalue weighted by Gasteiger charge is 2.25. The van der Waals surface area contributed by atoms with Crippen molar-refractivity contribution >= 4 is 28.7 Å². The molecule has 1 aliphatic heterocycles.